The standard InChI is InChI=1S/C24H24ClN3O3/c1-15-11-13-27(14-12-15)19-7-9-20(10-8-19)28-23(30)21(22(25)24(28)31)17-3-5-18(6-4-17)26-16(2)29/h3-10,15H,11-14H2,1-2H3,(H,26,29). The Morgan fingerprint density at radius 3 is 2.10 bits per heavy atom. The molecule has 7 heteroatoms. The Morgan fingerprint density at radius 2 is 1.52 bits per heavy atom. The topological polar surface area (TPSA) is 69.7 Å². The molecule has 2 aromatic rings. The molecule has 4 rings (SSSR count). The van der Waals surface area contributed by atoms with Crippen molar-refractivity contribution in [2.24, 2.45) is 5.92 Å². The minimum absolute atomic E-state index is 0.105. The largest absolute Gasteiger partial charge is 0.372 e. The van der Waals surface area contributed by atoms with E-state index in [0.29, 0.717) is 16.9 Å². The van der Waals surface area contributed by atoms with Gasteiger partial charge in [-0.15, -0.1) is 0 Å². The van der Waals surface area contributed by atoms with Gasteiger partial charge in [0, 0.05) is 31.4 Å². The number of imide groups is 1. The van der Waals surface area contributed by atoms with Crippen LogP contribution in [0.3, 0.4) is 0 Å². The van der Waals surface area contributed by atoms with E-state index in [9.17, 15) is 14.4 Å². The van der Waals surface area contributed by atoms with E-state index < -0.39 is 11.8 Å². The molecule has 0 aromatic heterocycles. The lowest BCUT2D eigenvalue weighted by atomic mass is 9.99. The summed E-state index contributed by atoms with van der Waals surface area (Å²) in [6.07, 6.45) is 2.32. The third-order valence-corrected chi connectivity index (χ3v) is 6.13. The zero-order chi connectivity index (χ0) is 22.1. The lowest BCUT2D eigenvalue weighted by Crippen LogP contribution is -2.33. The van der Waals surface area contributed by atoms with Crippen molar-refractivity contribution in [2.45, 2.75) is 26.7 Å². The number of hydrogen-bond donors (Lipinski definition) is 1. The smallest absolute Gasteiger partial charge is 0.277 e. The quantitative estimate of drug-likeness (QED) is 0.719. The third kappa shape index (κ3) is 4.21. The highest BCUT2D eigenvalue weighted by Gasteiger charge is 2.39. The molecule has 1 fully saturated rings. The lowest BCUT2D eigenvalue weighted by molar-refractivity contribution is -0.120. The van der Waals surface area contributed by atoms with Crippen LogP contribution in [-0.4, -0.2) is 30.8 Å². The van der Waals surface area contributed by atoms with Crippen LogP contribution in [0, 0.1) is 5.92 Å². The average Bonchev–Trinajstić information content (AvgIpc) is 2.97. The summed E-state index contributed by atoms with van der Waals surface area (Å²) in [7, 11) is 0. The molecule has 160 valence electrons. The molecule has 0 radical (unpaired) electrons. The van der Waals surface area contributed by atoms with Gasteiger partial charge in [-0.3, -0.25) is 14.4 Å². The van der Waals surface area contributed by atoms with Crippen molar-refractivity contribution < 1.29 is 14.4 Å². The second kappa shape index (κ2) is 8.55. The van der Waals surface area contributed by atoms with Gasteiger partial charge in [0.05, 0.1) is 11.3 Å². The fourth-order valence-electron chi connectivity index (χ4n) is 3.99. The predicted molar refractivity (Wildman–Crippen MR) is 123 cm³/mol. The van der Waals surface area contributed by atoms with Gasteiger partial charge in [0.15, 0.2) is 0 Å². The Hall–Kier alpha value is -3.12. The summed E-state index contributed by atoms with van der Waals surface area (Å²) in [5.74, 6) is -0.436. The second-order valence-corrected chi connectivity index (χ2v) is 8.46. The molecule has 0 spiro atoms. The number of carbonyl (C=O) groups excluding carboxylic acids is 3. The van der Waals surface area contributed by atoms with Crippen LogP contribution in [0.2, 0.25) is 0 Å². The maximum Gasteiger partial charge on any atom is 0.277 e. The normalized spacial score (nSPS) is 17.5. The number of hydrogen-bond acceptors (Lipinski definition) is 4. The van der Waals surface area contributed by atoms with Gasteiger partial charge in [0.2, 0.25) is 5.91 Å². The van der Waals surface area contributed by atoms with Crippen LogP contribution in [0.5, 0.6) is 0 Å². The Balaban J connectivity index is 1.54. The van der Waals surface area contributed by atoms with Gasteiger partial charge in [-0.05, 0) is 60.7 Å². The minimum atomic E-state index is -0.535. The minimum Gasteiger partial charge on any atom is -0.372 e. The third-order valence-electron chi connectivity index (χ3n) is 5.78. The summed E-state index contributed by atoms with van der Waals surface area (Å²) in [5, 5.41) is 2.56. The average molecular weight is 438 g/mol. The number of halogens is 1. The highest BCUT2D eigenvalue weighted by molar-refractivity contribution is 6.60. The molecule has 0 atom stereocenters. The number of rotatable bonds is 4. The van der Waals surface area contributed by atoms with E-state index in [4.69, 9.17) is 11.6 Å². The van der Waals surface area contributed by atoms with Crippen LogP contribution in [0.4, 0.5) is 17.1 Å². The van der Waals surface area contributed by atoms with Crippen molar-refractivity contribution >= 4 is 52.0 Å². The maximum absolute atomic E-state index is 13.1. The van der Waals surface area contributed by atoms with E-state index in [1.807, 2.05) is 12.1 Å². The van der Waals surface area contributed by atoms with Crippen LogP contribution in [-0.2, 0) is 14.4 Å². The van der Waals surface area contributed by atoms with Crippen molar-refractivity contribution in [3.05, 3.63) is 59.1 Å². The zero-order valence-electron chi connectivity index (χ0n) is 17.5. The molecule has 2 aliphatic heterocycles. The number of nitrogens with zero attached hydrogens (tertiary/aromatic N) is 2. The van der Waals surface area contributed by atoms with E-state index in [1.54, 1.807) is 36.4 Å². The number of nitrogens with one attached hydrogen (secondary N) is 1. The van der Waals surface area contributed by atoms with Crippen LogP contribution in [0.15, 0.2) is 53.6 Å². The van der Waals surface area contributed by atoms with Gasteiger partial charge < -0.3 is 10.2 Å². The molecule has 0 unspecified atom stereocenters. The fraction of sp³-hybridized carbons (Fsp3) is 0.292. The number of piperidine rings is 1. The Labute approximate surface area is 186 Å². The summed E-state index contributed by atoms with van der Waals surface area (Å²) in [6.45, 7) is 5.70. The molecule has 31 heavy (non-hydrogen) atoms. The lowest BCUT2D eigenvalue weighted by Gasteiger charge is -2.32. The highest BCUT2D eigenvalue weighted by Crippen LogP contribution is 2.36. The van der Waals surface area contributed by atoms with Crippen molar-refractivity contribution in [1.82, 2.24) is 0 Å². The SMILES string of the molecule is CC(=O)Nc1ccc(C2=C(Cl)C(=O)N(c3ccc(N4CCC(C)CC4)cc3)C2=O)cc1. The Bertz CT molecular complexity index is 1050. The molecule has 1 saturated heterocycles. The van der Waals surface area contributed by atoms with Crippen molar-refractivity contribution in [1.29, 1.82) is 0 Å². The first kappa shape index (κ1) is 21.1. The molecule has 0 aliphatic carbocycles. The summed E-state index contributed by atoms with van der Waals surface area (Å²) in [6, 6.07) is 14.1. The van der Waals surface area contributed by atoms with Crippen LogP contribution in [0.25, 0.3) is 5.57 Å². The van der Waals surface area contributed by atoms with E-state index in [-0.39, 0.29) is 16.5 Å². The molecule has 6 nitrogen and oxygen atoms in total. The number of anilines is 3. The number of carbonyl (C=O) groups is 3. The Morgan fingerprint density at radius 1 is 0.935 bits per heavy atom. The number of benzene rings is 2. The first-order valence-electron chi connectivity index (χ1n) is 10.4. The van der Waals surface area contributed by atoms with Crippen molar-refractivity contribution in [3.63, 3.8) is 0 Å². The van der Waals surface area contributed by atoms with E-state index in [0.717, 1.165) is 42.4 Å². The maximum atomic E-state index is 13.1. The molecule has 3 amide bonds. The van der Waals surface area contributed by atoms with E-state index in [1.165, 1.54) is 6.92 Å². The summed E-state index contributed by atoms with van der Waals surface area (Å²) in [4.78, 5) is 40.5. The summed E-state index contributed by atoms with van der Waals surface area (Å²) >= 11 is 6.28. The van der Waals surface area contributed by atoms with Gasteiger partial charge in [0.25, 0.3) is 11.8 Å². The van der Waals surface area contributed by atoms with Crippen LogP contribution in [0.1, 0.15) is 32.3 Å². The van der Waals surface area contributed by atoms with Gasteiger partial charge in [-0.1, -0.05) is 30.7 Å². The molecule has 2 aromatic carbocycles. The summed E-state index contributed by atoms with van der Waals surface area (Å²) in [5.41, 5.74) is 2.87. The first-order chi connectivity index (χ1) is 14.8. The molecule has 0 bridgehead atoms. The molecule has 1 N–H and O–H groups in total. The van der Waals surface area contributed by atoms with Gasteiger partial charge in [-0.25, -0.2) is 4.90 Å². The van der Waals surface area contributed by atoms with Gasteiger partial charge >= 0.3 is 0 Å². The van der Waals surface area contributed by atoms with Gasteiger partial charge in [0.1, 0.15) is 5.03 Å². The van der Waals surface area contributed by atoms with Crippen LogP contribution < -0.4 is 15.1 Å². The molecule has 0 saturated carbocycles. The molecular formula is C24H24ClN3O3. The Kier molecular flexibility index (Phi) is 5.83. The first-order valence-corrected chi connectivity index (χ1v) is 10.7. The van der Waals surface area contributed by atoms with Gasteiger partial charge in [-0.2, -0.15) is 0 Å². The zero-order valence-corrected chi connectivity index (χ0v) is 18.3. The second-order valence-electron chi connectivity index (χ2n) is 8.08. The number of amides is 3. The van der Waals surface area contributed by atoms with Crippen molar-refractivity contribution in [3.8, 4) is 0 Å². The molecule has 2 aliphatic rings. The predicted octanol–water partition coefficient (Wildman–Crippen LogP) is 4.40. The monoisotopic (exact) mass is 437 g/mol. The molecule has 2 heterocycles. The van der Waals surface area contributed by atoms with E-state index >= 15 is 0 Å². The van der Waals surface area contributed by atoms with E-state index in [2.05, 4.69) is 17.1 Å². The molecular weight excluding hydrogens is 414 g/mol. The van der Waals surface area contributed by atoms with Crippen LogP contribution >= 0.6 is 11.6 Å². The highest BCUT2D eigenvalue weighted by atomic mass is 35.5. The van der Waals surface area contributed by atoms with Crippen molar-refractivity contribution in [2.75, 3.05) is 28.2 Å². The fourth-order valence-corrected chi connectivity index (χ4v) is 4.26. The summed E-state index contributed by atoms with van der Waals surface area (Å²) < 4.78 is 0.